The zero-order valence-corrected chi connectivity index (χ0v) is 15.6. The van der Waals surface area contributed by atoms with Gasteiger partial charge >= 0.3 is 7.60 Å². The summed E-state index contributed by atoms with van der Waals surface area (Å²) in [5.74, 6) is 0.786. The van der Waals surface area contributed by atoms with Crippen LogP contribution in [0.1, 0.15) is 11.1 Å². The number of hydrogen-bond donors (Lipinski definition) is 2. The molecule has 0 fully saturated rings. The largest absolute Gasteiger partial charge is 0.497 e. The third-order valence-electron chi connectivity index (χ3n) is 4.58. The maximum atomic E-state index is 11.2. The van der Waals surface area contributed by atoms with Crippen LogP contribution in [-0.4, -0.2) is 26.4 Å². The number of rotatable bonds is 5. The van der Waals surface area contributed by atoms with Crippen molar-refractivity contribution in [1.82, 2.24) is 9.55 Å². The summed E-state index contributed by atoms with van der Waals surface area (Å²) >= 11 is 0. The Morgan fingerprint density at radius 2 is 1.78 bits per heavy atom. The van der Waals surface area contributed by atoms with Gasteiger partial charge in [-0.05, 0) is 41.5 Å². The average Bonchev–Trinajstić information content (AvgIpc) is 2.95. The number of methoxy groups -OCH3 is 1. The zero-order chi connectivity index (χ0) is 19.0. The lowest BCUT2D eigenvalue weighted by molar-refractivity contribution is 0.371. The van der Waals surface area contributed by atoms with Crippen molar-refractivity contribution in [1.29, 1.82) is 0 Å². The van der Waals surface area contributed by atoms with Crippen molar-refractivity contribution in [3.63, 3.8) is 0 Å². The smallest absolute Gasteiger partial charge is 0.329 e. The highest BCUT2D eigenvalue weighted by Crippen LogP contribution is 2.39. The Kier molecular flexibility index (Phi) is 4.48. The van der Waals surface area contributed by atoms with Crippen LogP contribution in [0.4, 0.5) is 0 Å². The molecule has 2 heterocycles. The maximum absolute atomic E-state index is 11.2. The molecule has 0 saturated carbocycles. The monoisotopic (exact) mass is 382 g/mol. The van der Waals surface area contributed by atoms with Crippen molar-refractivity contribution < 1.29 is 19.1 Å². The van der Waals surface area contributed by atoms with Gasteiger partial charge in [0.25, 0.3) is 0 Å². The van der Waals surface area contributed by atoms with E-state index in [9.17, 15) is 4.57 Å². The first-order valence-corrected chi connectivity index (χ1v) is 10.3. The van der Waals surface area contributed by atoms with Crippen LogP contribution in [0.5, 0.6) is 5.75 Å². The quantitative estimate of drug-likeness (QED) is 0.511. The number of benzene rings is 2. The van der Waals surface area contributed by atoms with Crippen LogP contribution >= 0.6 is 7.60 Å². The molecule has 138 valence electrons. The first kappa shape index (κ1) is 17.7. The lowest BCUT2D eigenvalue weighted by Crippen LogP contribution is -2.00. The molecular formula is C20H19N2O4P. The Labute approximate surface area is 156 Å². The number of hydrogen-bond acceptors (Lipinski definition) is 3. The molecule has 0 amide bonds. The highest BCUT2D eigenvalue weighted by molar-refractivity contribution is 7.50. The lowest BCUT2D eigenvalue weighted by atomic mass is 10.1. The summed E-state index contributed by atoms with van der Waals surface area (Å²) in [7, 11) is -2.41. The molecule has 2 aromatic carbocycles. The molecule has 0 bridgehead atoms. The Bertz CT molecular complexity index is 1160. The van der Waals surface area contributed by atoms with Gasteiger partial charge in [0, 0.05) is 18.1 Å². The van der Waals surface area contributed by atoms with Crippen LogP contribution in [0.15, 0.2) is 60.8 Å². The summed E-state index contributed by atoms with van der Waals surface area (Å²) in [6, 6.07) is 17.2. The SMILES string of the molecule is COc1ccc2c(c1)c1ncccc1n2Cc1ccc(CP(=O)(O)O)cc1. The molecule has 0 unspecified atom stereocenters. The van der Waals surface area contributed by atoms with E-state index in [2.05, 4.69) is 9.55 Å². The molecule has 0 aliphatic rings. The minimum atomic E-state index is -4.06. The van der Waals surface area contributed by atoms with Crippen LogP contribution in [0.2, 0.25) is 0 Å². The summed E-state index contributed by atoms with van der Waals surface area (Å²) in [6.45, 7) is 0.633. The summed E-state index contributed by atoms with van der Waals surface area (Å²) in [6.07, 6.45) is 1.54. The lowest BCUT2D eigenvalue weighted by Gasteiger charge is -2.09. The molecule has 0 radical (unpaired) electrons. The van der Waals surface area contributed by atoms with Gasteiger partial charge in [0.1, 0.15) is 5.75 Å². The van der Waals surface area contributed by atoms with E-state index in [0.717, 1.165) is 33.2 Å². The minimum Gasteiger partial charge on any atom is -0.497 e. The number of fused-ring (bicyclic) bond motifs is 3. The Balaban J connectivity index is 1.76. The minimum absolute atomic E-state index is 0.244. The second-order valence-corrected chi connectivity index (χ2v) is 8.13. The van der Waals surface area contributed by atoms with E-state index in [1.54, 1.807) is 25.4 Å². The highest BCUT2D eigenvalue weighted by Gasteiger charge is 2.15. The van der Waals surface area contributed by atoms with E-state index >= 15 is 0 Å². The maximum Gasteiger partial charge on any atom is 0.329 e. The van der Waals surface area contributed by atoms with Gasteiger partial charge in [0.05, 0.1) is 29.8 Å². The van der Waals surface area contributed by atoms with Gasteiger partial charge in [-0.25, -0.2) is 0 Å². The van der Waals surface area contributed by atoms with Gasteiger partial charge in [0.2, 0.25) is 0 Å². The fourth-order valence-corrected chi connectivity index (χ4v) is 4.05. The summed E-state index contributed by atoms with van der Waals surface area (Å²) in [4.78, 5) is 22.8. The molecular weight excluding hydrogens is 363 g/mol. The van der Waals surface area contributed by atoms with E-state index in [-0.39, 0.29) is 6.16 Å². The van der Waals surface area contributed by atoms with Gasteiger partial charge in [-0.15, -0.1) is 0 Å². The van der Waals surface area contributed by atoms with Gasteiger partial charge in [0.15, 0.2) is 0 Å². The highest BCUT2D eigenvalue weighted by atomic mass is 31.2. The molecule has 6 nitrogen and oxygen atoms in total. The predicted octanol–water partition coefficient (Wildman–Crippen LogP) is 3.92. The van der Waals surface area contributed by atoms with E-state index in [0.29, 0.717) is 12.1 Å². The third-order valence-corrected chi connectivity index (χ3v) is 5.36. The molecule has 4 aromatic rings. The van der Waals surface area contributed by atoms with Gasteiger partial charge in [-0.2, -0.15) is 0 Å². The first-order chi connectivity index (χ1) is 12.9. The second-order valence-electron chi connectivity index (χ2n) is 6.48. The molecule has 0 aliphatic carbocycles. The van der Waals surface area contributed by atoms with Crippen LogP contribution in [0.3, 0.4) is 0 Å². The van der Waals surface area contributed by atoms with Gasteiger partial charge in [-0.3, -0.25) is 9.55 Å². The molecule has 27 heavy (non-hydrogen) atoms. The number of ether oxygens (including phenoxy) is 1. The summed E-state index contributed by atoms with van der Waals surface area (Å²) in [5.41, 5.74) is 4.68. The molecule has 0 spiro atoms. The van der Waals surface area contributed by atoms with E-state index in [4.69, 9.17) is 14.5 Å². The Morgan fingerprint density at radius 3 is 2.48 bits per heavy atom. The van der Waals surface area contributed by atoms with Crippen molar-refractivity contribution in [3.8, 4) is 5.75 Å². The zero-order valence-electron chi connectivity index (χ0n) is 14.7. The average molecular weight is 382 g/mol. The van der Waals surface area contributed by atoms with Crippen molar-refractivity contribution in [3.05, 3.63) is 71.9 Å². The van der Waals surface area contributed by atoms with E-state index < -0.39 is 7.60 Å². The standard InChI is InChI=1S/C20H19N2O4P/c1-26-16-8-9-18-17(11-16)20-19(3-2-10-21-20)22(18)12-14-4-6-15(7-5-14)13-27(23,24)25/h2-11H,12-13H2,1H3,(H2,23,24,25). The molecule has 0 atom stereocenters. The number of pyridine rings is 1. The van der Waals surface area contributed by atoms with Crippen molar-refractivity contribution in [2.75, 3.05) is 7.11 Å². The Hall–Kier alpha value is -2.66. The first-order valence-electron chi connectivity index (χ1n) is 8.48. The molecule has 7 heteroatoms. The van der Waals surface area contributed by atoms with Crippen molar-refractivity contribution in [2.24, 2.45) is 0 Å². The van der Waals surface area contributed by atoms with E-state index in [1.165, 1.54) is 0 Å². The fourth-order valence-electron chi connectivity index (χ4n) is 3.36. The number of nitrogens with zero attached hydrogens (tertiary/aromatic N) is 2. The normalized spacial score (nSPS) is 12.0. The molecule has 0 saturated heterocycles. The summed E-state index contributed by atoms with van der Waals surface area (Å²) < 4.78 is 18.7. The van der Waals surface area contributed by atoms with E-state index in [1.807, 2.05) is 42.5 Å². The second kappa shape index (κ2) is 6.82. The molecule has 2 aromatic heterocycles. The molecule has 2 N–H and O–H groups in total. The molecule has 4 rings (SSSR count). The Morgan fingerprint density at radius 1 is 1.04 bits per heavy atom. The van der Waals surface area contributed by atoms with Crippen LogP contribution in [-0.2, 0) is 17.3 Å². The van der Waals surface area contributed by atoms with Crippen LogP contribution in [0, 0.1) is 0 Å². The third kappa shape index (κ3) is 3.60. The summed E-state index contributed by atoms with van der Waals surface area (Å²) in [5, 5.41) is 1.03. The van der Waals surface area contributed by atoms with Gasteiger partial charge in [-0.1, -0.05) is 24.3 Å². The fraction of sp³-hybridized carbons (Fsp3) is 0.150. The van der Waals surface area contributed by atoms with Crippen molar-refractivity contribution >= 4 is 29.5 Å². The topological polar surface area (TPSA) is 84.6 Å². The molecule has 0 aliphatic heterocycles. The van der Waals surface area contributed by atoms with Crippen LogP contribution < -0.4 is 4.74 Å². The number of aromatic nitrogens is 2. The predicted molar refractivity (Wildman–Crippen MR) is 105 cm³/mol. The van der Waals surface area contributed by atoms with Crippen LogP contribution in [0.25, 0.3) is 21.9 Å². The van der Waals surface area contributed by atoms with Crippen molar-refractivity contribution in [2.45, 2.75) is 12.7 Å². The van der Waals surface area contributed by atoms with Gasteiger partial charge < -0.3 is 19.1 Å².